The van der Waals surface area contributed by atoms with E-state index in [1.54, 1.807) is 6.08 Å². The number of hydrogen-bond donors (Lipinski definition) is 2. The van der Waals surface area contributed by atoms with Gasteiger partial charge in [-0.2, -0.15) is 0 Å². The van der Waals surface area contributed by atoms with E-state index in [1.807, 2.05) is 54.6 Å². The van der Waals surface area contributed by atoms with Crippen molar-refractivity contribution in [2.45, 2.75) is 12.8 Å². The second kappa shape index (κ2) is 11.7. The summed E-state index contributed by atoms with van der Waals surface area (Å²) in [6.45, 7) is 0.324. The molecule has 0 aromatic heterocycles. The van der Waals surface area contributed by atoms with Crippen molar-refractivity contribution >= 4 is 57.8 Å². The quantitative estimate of drug-likeness (QED) is 0.273. The van der Waals surface area contributed by atoms with E-state index in [4.69, 9.17) is 22.1 Å². The number of nitrogens with one attached hydrogen (secondary N) is 1. The zero-order chi connectivity index (χ0) is 25.5. The number of carboxylic acids is 1. The summed E-state index contributed by atoms with van der Waals surface area (Å²) in [5, 5.41) is 11.7. The number of benzene rings is 3. The number of hydrogen-bond acceptors (Lipinski definition) is 6. The molecule has 1 aliphatic heterocycles. The number of carbonyl (C=O) groups excluding carboxylic acids is 2. The average molecular weight is 519 g/mol. The summed E-state index contributed by atoms with van der Waals surface area (Å²) in [5.74, 6) is -0.0618. The lowest BCUT2D eigenvalue weighted by Gasteiger charge is -2.14. The van der Waals surface area contributed by atoms with E-state index >= 15 is 0 Å². The zero-order valence-electron chi connectivity index (χ0n) is 19.0. The number of amides is 2. The number of aromatic carboxylic acids is 1. The Labute approximate surface area is 217 Å². The summed E-state index contributed by atoms with van der Waals surface area (Å²) in [6.07, 6.45) is 2.40. The van der Waals surface area contributed by atoms with E-state index in [1.165, 1.54) is 40.9 Å². The molecule has 1 aliphatic rings. The van der Waals surface area contributed by atoms with Gasteiger partial charge in [0.15, 0.2) is 0 Å². The van der Waals surface area contributed by atoms with Crippen LogP contribution >= 0.6 is 24.0 Å². The first kappa shape index (κ1) is 25.2. The topological polar surface area (TPSA) is 95.9 Å². The monoisotopic (exact) mass is 518 g/mol. The van der Waals surface area contributed by atoms with Crippen LogP contribution in [0.15, 0.2) is 83.8 Å². The van der Waals surface area contributed by atoms with Crippen LogP contribution in [-0.4, -0.2) is 38.7 Å². The highest BCUT2D eigenvalue weighted by Crippen LogP contribution is 2.33. The first-order valence-electron chi connectivity index (χ1n) is 11.1. The Kier molecular flexibility index (Phi) is 8.14. The van der Waals surface area contributed by atoms with Gasteiger partial charge >= 0.3 is 5.97 Å². The summed E-state index contributed by atoms with van der Waals surface area (Å²) >= 11 is 6.63. The van der Waals surface area contributed by atoms with Crippen LogP contribution < -0.4 is 10.1 Å². The lowest BCUT2D eigenvalue weighted by Crippen LogP contribution is -2.29. The Morgan fingerprint density at radius 2 is 1.72 bits per heavy atom. The molecule has 4 rings (SSSR count). The molecule has 0 spiro atoms. The molecule has 9 heteroatoms. The lowest BCUT2D eigenvalue weighted by molar-refractivity contribution is -0.122. The number of thioether (sulfide) groups is 1. The first-order chi connectivity index (χ1) is 17.4. The van der Waals surface area contributed by atoms with Gasteiger partial charge in [0.25, 0.3) is 5.91 Å². The normalized spacial score (nSPS) is 14.2. The fourth-order valence-corrected chi connectivity index (χ4v) is 4.76. The van der Waals surface area contributed by atoms with Gasteiger partial charge in [-0.3, -0.25) is 14.5 Å². The molecule has 182 valence electrons. The molecule has 7 nitrogen and oxygen atoms in total. The fourth-order valence-electron chi connectivity index (χ4n) is 3.45. The number of carboxylic acid groups (broad SMARTS) is 1. The van der Waals surface area contributed by atoms with E-state index in [-0.39, 0.29) is 23.8 Å². The lowest BCUT2D eigenvalue weighted by atomic mass is 10.2. The summed E-state index contributed by atoms with van der Waals surface area (Å²) in [5.41, 5.74) is 1.47. The van der Waals surface area contributed by atoms with E-state index in [2.05, 4.69) is 5.32 Å². The van der Waals surface area contributed by atoms with Crippen molar-refractivity contribution < 1.29 is 24.2 Å². The highest BCUT2D eigenvalue weighted by atomic mass is 32.2. The third kappa shape index (κ3) is 6.59. The van der Waals surface area contributed by atoms with Gasteiger partial charge in [0, 0.05) is 18.7 Å². The van der Waals surface area contributed by atoms with Crippen LogP contribution in [0, 0.1) is 0 Å². The molecule has 1 heterocycles. The van der Waals surface area contributed by atoms with Gasteiger partial charge in [-0.05, 0) is 66.6 Å². The molecule has 1 saturated heterocycles. The Hall–Kier alpha value is -3.95. The highest BCUT2D eigenvalue weighted by Gasteiger charge is 2.31. The van der Waals surface area contributed by atoms with Crippen LogP contribution in [0.1, 0.15) is 28.8 Å². The van der Waals surface area contributed by atoms with Gasteiger partial charge in [0.2, 0.25) is 5.91 Å². The number of ether oxygens (including phenoxy) is 1. The number of nitrogens with zero attached hydrogens (tertiary/aromatic N) is 1. The molecule has 36 heavy (non-hydrogen) atoms. The molecule has 0 aliphatic carbocycles. The molecule has 0 radical (unpaired) electrons. The largest absolute Gasteiger partial charge is 0.478 e. The Morgan fingerprint density at radius 3 is 2.44 bits per heavy atom. The van der Waals surface area contributed by atoms with Crippen LogP contribution in [0.4, 0.5) is 5.69 Å². The van der Waals surface area contributed by atoms with E-state index < -0.39 is 5.97 Å². The molecule has 3 aromatic rings. The van der Waals surface area contributed by atoms with Crippen molar-refractivity contribution in [2.75, 3.05) is 11.9 Å². The van der Waals surface area contributed by atoms with Gasteiger partial charge in [0.05, 0.1) is 10.5 Å². The van der Waals surface area contributed by atoms with E-state index in [9.17, 15) is 14.4 Å². The number of para-hydroxylation sites is 1. The van der Waals surface area contributed by atoms with E-state index in [0.29, 0.717) is 33.6 Å². The first-order valence-corrected chi connectivity index (χ1v) is 12.3. The average Bonchev–Trinajstić information content (AvgIpc) is 3.12. The van der Waals surface area contributed by atoms with Gasteiger partial charge in [-0.1, -0.05) is 54.3 Å². The summed E-state index contributed by atoms with van der Waals surface area (Å²) < 4.78 is 6.32. The minimum absolute atomic E-state index is 0.144. The Morgan fingerprint density at radius 1 is 1.00 bits per heavy atom. The van der Waals surface area contributed by atoms with Crippen molar-refractivity contribution in [2.24, 2.45) is 0 Å². The molecule has 0 unspecified atom stereocenters. The minimum atomic E-state index is -1.03. The minimum Gasteiger partial charge on any atom is -0.478 e. The van der Waals surface area contributed by atoms with Crippen molar-refractivity contribution in [3.8, 4) is 11.5 Å². The van der Waals surface area contributed by atoms with Crippen LogP contribution in [-0.2, 0) is 9.59 Å². The molecule has 0 saturated carbocycles. The highest BCUT2D eigenvalue weighted by molar-refractivity contribution is 8.26. The second-order valence-corrected chi connectivity index (χ2v) is 9.53. The van der Waals surface area contributed by atoms with Gasteiger partial charge in [-0.25, -0.2) is 4.79 Å². The molecule has 0 bridgehead atoms. The molecule has 2 N–H and O–H groups in total. The molecular formula is C27H22N2O5S2. The number of rotatable bonds is 9. The Balaban J connectivity index is 1.31. The summed E-state index contributed by atoms with van der Waals surface area (Å²) in [6, 6.07) is 22.8. The van der Waals surface area contributed by atoms with Crippen molar-refractivity contribution in [3.63, 3.8) is 0 Å². The Bertz CT molecular complexity index is 1320. The van der Waals surface area contributed by atoms with Crippen LogP contribution in [0.5, 0.6) is 11.5 Å². The summed E-state index contributed by atoms with van der Waals surface area (Å²) in [4.78, 5) is 38.1. The molecule has 2 amide bonds. The third-order valence-electron chi connectivity index (χ3n) is 5.21. The maximum absolute atomic E-state index is 12.9. The van der Waals surface area contributed by atoms with Crippen molar-refractivity contribution in [1.82, 2.24) is 4.90 Å². The van der Waals surface area contributed by atoms with Gasteiger partial charge in [-0.15, -0.1) is 0 Å². The maximum atomic E-state index is 12.9. The molecule has 3 aromatic carbocycles. The molecule has 1 fully saturated rings. The SMILES string of the molecule is O=C(CCCN1C(=O)/C(=C/c2cccc(Oc3ccccc3)c2)SC1=S)Nc1ccc(C(=O)O)cc1. The van der Waals surface area contributed by atoms with Crippen LogP contribution in [0.2, 0.25) is 0 Å². The van der Waals surface area contributed by atoms with E-state index in [0.717, 1.165) is 11.3 Å². The predicted octanol–water partition coefficient (Wildman–Crippen LogP) is 5.80. The van der Waals surface area contributed by atoms with Gasteiger partial charge in [0.1, 0.15) is 15.8 Å². The predicted molar refractivity (Wildman–Crippen MR) is 144 cm³/mol. The second-order valence-electron chi connectivity index (χ2n) is 7.86. The third-order valence-corrected chi connectivity index (χ3v) is 6.59. The molecular weight excluding hydrogens is 496 g/mol. The van der Waals surface area contributed by atoms with Crippen LogP contribution in [0.25, 0.3) is 6.08 Å². The summed E-state index contributed by atoms with van der Waals surface area (Å²) in [7, 11) is 0. The number of carbonyl (C=O) groups is 3. The zero-order valence-corrected chi connectivity index (χ0v) is 20.7. The van der Waals surface area contributed by atoms with Crippen molar-refractivity contribution in [3.05, 3.63) is 94.9 Å². The maximum Gasteiger partial charge on any atom is 0.335 e. The number of anilines is 1. The van der Waals surface area contributed by atoms with Crippen molar-refractivity contribution in [1.29, 1.82) is 0 Å². The smallest absolute Gasteiger partial charge is 0.335 e. The standard InChI is InChI=1S/C27H22N2O5S2/c30-24(28-20-13-11-19(12-14-20)26(32)33)10-5-15-29-25(31)23(36-27(29)35)17-18-6-4-9-22(16-18)34-21-7-2-1-3-8-21/h1-4,6-9,11-14,16-17H,5,10,15H2,(H,28,30)(H,32,33)/b23-17-. The fraction of sp³-hybridized carbons (Fsp3) is 0.111. The van der Waals surface area contributed by atoms with Crippen LogP contribution in [0.3, 0.4) is 0 Å². The molecule has 0 atom stereocenters. The van der Waals surface area contributed by atoms with Gasteiger partial charge < -0.3 is 15.2 Å². The number of thiocarbonyl (C=S) groups is 1.